The fourth-order valence-corrected chi connectivity index (χ4v) is 3.26. The van der Waals surface area contributed by atoms with Gasteiger partial charge in [0.25, 0.3) is 0 Å². The molecule has 1 fully saturated rings. The Morgan fingerprint density at radius 1 is 1.19 bits per heavy atom. The molecule has 1 aromatic rings. The van der Waals surface area contributed by atoms with Crippen molar-refractivity contribution < 1.29 is 19.5 Å². The average molecular weight is 360 g/mol. The topological polar surface area (TPSA) is 86.7 Å². The van der Waals surface area contributed by atoms with Gasteiger partial charge >= 0.3 is 5.97 Å². The van der Waals surface area contributed by atoms with Crippen molar-refractivity contribution in [2.24, 2.45) is 5.92 Å². The van der Waals surface area contributed by atoms with Crippen LogP contribution < -0.4 is 5.32 Å². The molecule has 1 aromatic carbocycles. The third kappa shape index (κ3) is 6.17. The molecule has 1 aliphatic rings. The van der Waals surface area contributed by atoms with Gasteiger partial charge in [0.1, 0.15) is 0 Å². The van der Waals surface area contributed by atoms with Gasteiger partial charge in [-0.25, -0.2) is 4.79 Å². The Kier molecular flexibility index (Phi) is 7.63. The minimum Gasteiger partial charge on any atom is -0.478 e. The van der Waals surface area contributed by atoms with Crippen molar-refractivity contribution in [1.82, 2.24) is 10.2 Å². The zero-order valence-electron chi connectivity index (χ0n) is 15.4. The van der Waals surface area contributed by atoms with Gasteiger partial charge in [0.05, 0.1) is 5.56 Å². The van der Waals surface area contributed by atoms with Crippen LogP contribution in [0.3, 0.4) is 0 Å². The third-order valence-corrected chi connectivity index (χ3v) is 4.77. The highest BCUT2D eigenvalue weighted by Gasteiger charge is 2.23. The molecule has 0 saturated carbocycles. The molecule has 6 nitrogen and oxygen atoms in total. The lowest BCUT2D eigenvalue weighted by molar-refractivity contribution is -0.132. The van der Waals surface area contributed by atoms with Gasteiger partial charge in [-0.05, 0) is 49.3 Å². The maximum Gasteiger partial charge on any atom is 0.335 e. The summed E-state index contributed by atoms with van der Waals surface area (Å²) < 4.78 is 0. The highest BCUT2D eigenvalue weighted by molar-refractivity contribution is 5.87. The van der Waals surface area contributed by atoms with Crippen molar-refractivity contribution in [2.75, 3.05) is 19.6 Å². The first-order chi connectivity index (χ1) is 12.5. The minimum absolute atomic E-state index is 0.0840. The van der Waals surface area contributed by atoms with Gasteiger partial charge in [0.2, 0.25) is 11.8 Å². The zero-order valence-corrected chi connectivity index (χ0v) is 15.4. The lowest BCUT2D eigenvalue weighted by Gasteiger charge is -2.33. The predicted octanol–water partition coefficient (Wildman–Crippen LogP) is 2.47. The Labute approximate surface area is 154 Å². The number of carbonyl (C=O) groups is 3. The molecular formula is C20H28N2O4. The molecule has 6 heteroatoms. The standard InChI is InChI=1S/C20H28N2O4/c1-2-4-18(23)21-13-16-5-3-12-22(14-16)19(24)11-8-15-6-9-17(10-7-15)20(25)26/h6-7,9-10,16H,2-5,8,11-14H2,1H3,(H,21,23)(H,25,26). The molecule has 26 heavy (non-hydrogen) atoms. The van der Waals surface area contributed by atoms with E-state index in [1.54, 1.807) is 24.3 Å². The summed E-state index contributed by atoms with van der Waals surface area (Å²) in [5.41, 5.74) is 1.22. The molecule has 0 radical (unpaired) electrons. The number of likely N-dealkylation sites (tertiary alicyclic amines) is 1. The first kappa shape index (κ1) is 19.9. The number of aromatic carboxylic acids is 1. The normalized spacial score (nSPS) is 17.0. The SMILES string of the molecule is CCCC(=O)NCC1CCCN(C(=O)CCc2ccc(C(=O)O)cc2)C1. The van der Waals surface area contributed by atoms with Gasteiger partial charge < -0.3 is 15.3 Å². The molecule has 2 rings (SSSR count). The number of nitrogens with zero attached hydrogens (tertiary/aromatic N) is 1. The maximum atomic E-state index is 12.5. The second kappa shape index (κ2) is 9.94. The number of benzene rings is 1. The van der Waals surface area contributed by atoms with Crippen LogP contribution in [0.15, 0.2) is 24.3 Å². The molecular weight excluding hydrogens is 332 g/mol. The second-order valence-electron chi connectivity index (χ2n) is 6.90. The van der Waals surface area contributed by atoms with Crippen LogP contribution in [0.4, 0.5) is 0 Å². The van der Waals surface area contributed by atoms with Crippen molar-refractivity contribution in [3.8, 4) is 0 Å². The molecule has 1 aliphatic heterocycles. The van der Waals surface area contributed by atoms with Crippen LogP contribution in [-0.4, -0.2) is 47.4 Å². The smallest absolute Gasteiger partial charge is 0.335 e. The molecule has 1 unspecified atom stereocenters. The first-order valence-corrected chi connectivity index (χ1v) is 9.36. The summed E-state index contributed by atoms with van der Waals surface area (Å²) in [6, 6.07) is 6.66. The first-order valence-electron chi connectivity index (χ1n) is 9.36. The molecule has 142 valence electrons. The van der Waals surface area contributed by atoms with Crippen LogP contribution in [0.1, 0.15) is 54.9 Å². The van der Waals surface area contributed by atoms with E-state index >= 15 is 0 Å². The number of carboxylic acid groups (broad SMARTS) is 1. The number of hydrogen-bond acceptors (Lipinski definition) is 3. The molecule has 0 aliphatic carbocycles. The summed E-state index contributed by atoms with van der Waals surface area (Å²) in [5, 5.41) is 11.9. The number of carboxylic acids is 1. The van der Waals surface area contributed by atoms with Gasteiger partial charge in [-0.2, -0.15) is 0 Å². The Balaban J connectivity index is 1.77. The Bertz CT molecular complexity index is 627. The molecule has 2 amide bonds. The van der Waals surface area contributed by atoms with E-state index < -0.39 is 5.97 Å². The lowest BCUT2D eigenvalue weighted by atomic mass is 9.97. The van der Waals surface area contributed by atoms with Gasteiger partial charge in [0.15, 0.2) is 0 Å². The third-order valence-electron chi connectivity index (χ3n) is 4.77. The fraction of sp³-hybridized carbons (Fsp3) is 0.550. The van der Waals surface area contributed by atoms with E-state index in [1.807, 2.05) is 11.8 Å². The summed E-state index contributed by atoms with van der Waals surface area (Å²) in [5.74, 6) is -0.418. The quantitative estimate of drug-likeness (QED) is 0.746. The fourth-order valence-electron chi connectivity index (χ4n) is 3.26. The van der Waals surface area contributed by atoms with Crippen LogP contribution in [0.2, 0.25) is 0 Å². The van der Waals surface area contributed by atoms with Crippen LogP contribution in [0.25, 0.3) is 0 Å². The molecule has 1 heterocycles. The van der Waals surface area contributed by atoms with E-state index in [9.17, 15) is 14.4 Å². The summed E-state index contributed by atoms with van der Waals surface area (Å²) in [4.78, 5) is 36.8. The Morgan fingerprint density at radius 3 is 2.58 bits per heavy atom. The highest BCUT2D eigenvalue weighted by atomic mass is 16.4. The number of aryl methyl sites for hydroxylation is 1. The largest absolute Gasteiger partial charge is 0.478 e. The number of rotatable bonds is 8. The van der Waals surface area contributed by atoms with Gasteiger partial charge in [0, 0.05) is 32.5 Å². The lowest BCUT2D eigenvalue weighted by Crippen LogP contribution is -2.43. The number of nitrogens with one attached hydrogen (secondary N) is 1. The second-order valence-corrected chi connectivity index (χ2v) is 6.90. The monoisotopic (exact) mass is 360 g/mol. The molecule has 1 atom stereocenters. The summed E-state index contributed by atoms with van der Waals surface area (Å²) in [6.45, 7) is 4.09. The van der Waals surface area contributed by atoms with E-state index in [-0.39, 0.29) is 17.4 Å². The Morgan fingerprint density at radius 2 is 1.92 bits per heavy atom. The van der Waals surface area contributed by atoms with Crippen LogP contribution >= 0.6 is 0 Å². The Hall–Kier alpha value is -2.37. The number of carbonyl (C=O) groups excluding carboxylic acids is 2. The van der Waals surface area contributed by atoms with Gasteiger partial charge in [-0.15, -0.1) is 0 Å². The number of amides is 2. The minimum atomic E-state index is -0.946. The van der Waals surface area contributed by atoms with Crippen molar-refractivity contribution in [2.45, 2.75) is 45.4 Å². The van der Waals surface area contributed by atoms with Crippen molar-refractivity contribution in [3.63, 3.8) is 0 Å². The molecule has 0 spiro atoms. The predicted molar refractivity (Wildman–Crippen MR) is 98.9 cm³/mol. The molecule has 1 saturated heterocycles. The van der Waals surface area contributed by atoms with E-state index in [0.29, 0.717) is 38.3 Å². The van der Waals surface area contributed by atoms with E-state index in [0.717, 1.165) is 31.4 Å². The number of hydrogen-bond donors (Lipinski definition) is 2. The van der Waals surface area contributed by atoms with Crippen molar-refractivity contribution in [3.05, 3.63) is 35.4 Å². The summed E-state index contributed by atoms with van der Waals surface area (Å²) in [7, 11) is 0. The van der Waals surface area contributed by atoms with Crippen LogP contribution in [0, 0.1) is 5.92 Å². The number of piperidine rings is 1. The highest BCUT2D eigenvalue weighted by Crippen LogP contribution is 2.17. The van der Waals surface area contributed by atoms with E-state index in [2.05, 4.69) is 5.32 Å². The van der Waals surface area contributed by atoms with E-state index in [4.69, 9.17) is 5.11 Å². The van der Waals surface area contributed by atoms with E-state index in [1.165, 1.54) is 0 Å². The molecule has 2 N–H and O–H groups in total. The van der Waals surface area contributed by atoms with Crippen molar-refractivity contribution in [1.29, 1.82) is 0 Å². The summed E-state index contributed by atoms with van der Waals surface area (Å²) >= 11 is 0. The maximum absolute atomic E-state index is 12.5. The van der Waals surface area contributed by atoms with Crippen LogP contribution in [0.5, 0.6) is 0 Å². The van der Waals surface area contributed by atoms with Crippen molar-refractivity contribution >= 4 is 17.8 Å². The van der Waals surface area contributed by atoms with Crippen LogP contribution in [-0.2, 0) is 16.0 Å². The zero-order chi connectivity index (χ0) is 18.9. The van der Waals surface area contributed by atoms with Gasteiger partial charge in [-0.3, -0.25) is 9.59 Å². The molecule has 0 bridgehead atoms. The molecule has 0 aromatic heterocycles. The summed E-state index contributed by atoms with van der Waals surface area (Å²) in [6.07, 6.45) is 4.42. The average Bonchev–Trinajstić information content (AvgIpc) is 2.65. The van der Waals surface area contributed by atoms with Gasteiger partial charge in [-0.1, -0.05) is 19.1 Å².